The van der Waals surface area contributed by atoms with Crippen LogP contribution in [0.2, 0.25) is 20.1 Å². The fraction of sp³-hybridized carbons (Fsp3) is 0.440. The van der Waals surface area contributed by atoms with Gasteiger partial charge in [-0.1, -0.05) is 62.7 Å². The molecule has 2 saturated heterocycles. The number of azide groups is 1. The first-order valence-corrected chi connectivity index (χ1v) is 24.8. The number of hydrogen-bond donors (Lipinski definition) is 2. The number of pyridine rings is 2. The van der Waals surface area contributed by atoms with E-state index >= 15 is 0 Å². The predicted octanol–water partition coefficient (Wildman–Crippen LogP) is 13.0. The van der Waals surface area contributed by atoms with E-state index in [0.29, 0.717) is 72.0 Å². The third-order valence-electron chi connectivity index (χ3n) is 11.1. The molecule has 3 aromatic heterocycles. The molecule has 2 amide bonds. The Kier molecular flexibility index (Phi) is 20.2. The highest BCUT2D eigenvalue weighted by molar-refractivity contribution is 6.36. The predicted molar refractivity (Wildman–Crippen MR) is 281 cm³/mol. The lowest BCUT2D eigenvalue weighted by molar-refractivity contribution is 0.0180. The van der Waals surface area contributed by atoms with E-state index in [0.717, 1.165) is 12.8 Å². The molecule has 0 saturated carbocycles. The van der Waals surface area contributed by atoms with Crippen molar-refractivity contribution in [2.75, 3.05) is 37.6 Å². The molecule has 0 radical (unpaired) electrons. The molecule has 2 fully saturated rings. The Balaban J connectivity index is 0.000000230. The maximum atomic E-state index is 14.0. The van der Waals surface area contributed by atoms with Crippen LogP contribution in [-0.2, 0) is 9.47 Å². The largest absolute Gasteiger partial charge is 0.482 e. The zero-order valence-electron chi connectivity index (χ0n) is 42.1. The van der Waals surface area contributed by atoms with Crippen LogP contribution >= 0.6 is 46.4 Å². The molecule has 24 heteroatoms. The average molecular weight is 1100 g/mol. The first kappa shape index (κ1) is 58.4. The molecular formula is C50H58Cl4F2N12O6. The van der Waals surface area contributed by atoms with Gasteiger partial charge in [-0.2, -0.15) is 0 Å². The number of ether oxygens (including phenoxy) is 4. The van der Waals surface area contributed by atoms with Crippen LogP contribution in [0.4, 0.5) is 30.0 Å². The van der Waals surface area contributed by atoms with Crippen molar-refractivity contribution in [3.8, 4) is 35.1 Å². The first-order chi connectivity index (χ1) is 34.8. The number of aromatic nitrogens is 5. The number of nitrogen functional groups attached to an aromatic ring is 2. The normalized spacial score (nSPS) is 14.9. The van der Waals surface area contributed by atoms with E-state index in [-0.39, 0.29) is 62.5 Å². The maximum Gasteiger partial charge on any atom is 0.410 e. The third kappa shape index (κ3) is 16.3. The zero-order valence-corrected chi connectivity index (χ0v) is 45.1. The molecule has 4 N–H and O–H groups in total. The van der Waals surface area contributed by atoms with Crippen LogP contribution in [0.1, 0.15) is 116 Å². The molecule has 2 unspecified atom stereocenters. The summed E-state index contributed by atoms with van der Waals surface area (Å²) < 4.78 is 51.7. The topological polar surface area (TPSA) is 235 Å². The van der Waals surface area contributed by atoms with Crippen molar-refractivity contribution >= 4 is 70.2 Å². The Labute approximate surface area is 448 Å². The molecule has 2 aliphatic heterocycles. The lowest BCUT2D eigenvalue weighted by Crippen LogP contribution is -2.42. The molecule has 396 valence electrons. The summed E-state index contributed by atoms with van der Waals surface area (Å²) in [6.07, 6.45) is 11.1. The highest BCUT2D eigenvalue weighted by Crippen LogP contribution is 2.38. The van der Waals surface area contributed by atoms with Crippen LogP contribution in [0.5, 0.6) is 11.5 Å². The van der Waals surface area contributed by atoms with Gasteiger partial charge >= 0.3 is 12.2 Å². The van der Waals surface area contributed by atoms with Crippen LogP contribution in [0.15, 0.2) is 60.1 Å². The quantitative estimate of drug-likeness (QED) is 0.0461. The summed E-state index contributed by atoms with van der Waals surface area (Å²) in [4.78, 5) is 38.3. The molecule has 7 rings (SSSR count). The van der Waals surface area contributed by atoms with Crippen molar-refractivity contribution in [2.24, 2.45) is 5.11 Å². The van der Waals surface area contributed by atoms with Crippen molar-refractivity contribution in [1.29, 1.82) is 0 Å². The van der Waals surface area contributed by atoms with Gasteiger partial charge in [-0.05, 0) is 117 Å². The van der Waals surface area contributed by atoms with Gasteiger partial charge in [-0.3, -0.25) is 0 Å². The van der Waals surface area contributed by atoms with Gasteiger partial charge in [0, 0.05) is 87.9 Å². The second-order valence-electron chi connectivity index (χ2n) is 19.1. The number of halogens is 6. The molecule has 5 heterocycles. The highest BCUT2D eigenvalue weighted by atomic mass is 35.5. The van der Waals surface area contributed by atoms with Crippen LogP contribution in [0, 0.1) is 24.0 Å². The van der Waals surface area contributed by atoms with Gasteiger partial charge in [0.1, 0.15) is 40.7 Å². The van der Waals surface area contributed by atoms with Gasteiger partial charge in [0.25, 0.3) is 0 Å². The number of carbonyl (C=O) groups is 2. The van der Waals surface area contributed by atoms with Crippen molar-refractivity contribution < 1.29 is 37.3 Å². The number of rotatable bonds is 9. The minimum Gasteiger partial charge on any atom is -0.482 e. The average Bonchev–Trinajstić information content (AvgIpc) is 3.83. The molecule has 0 bridgehead atoms. The monoisotopic (exact) mass is 1100 g/mol. The number of terminal acetylenes is 1. The summed E-state index contributed by atoms with van der Waals surface area (Å²) in [5, 5.41) is 12.6. The van der Waals surface area contributed by atoms with Gasteiger partial charge < -0.3 is 40.2 Å². The summed E-state index contributed by atoms with van der Waals surface area (Å²) >= 11 is 24.3. The number of anilines is 2. The van der Waals surface area contributed by atoms with Gasteiger partial charge in [-0.15, -0.1) is 11.5 Å². The fourth-order valence-electron chi connectivity index (χ4n) is 7.44. The number of hydrogen-bond acceptors (Lipinski definition) is 13. The van der Waals surface area contributed by atoms with Gasteiger partial charge in [0.15, 0.2) is 23.1 Å². The minimum absolute atomic E-state index is 0.0173. The van der Waals surface area contributed by atoms with Crippen molar-refractivity contribution in [3.05, 3.63) is 114 Å². The van der Waals surface area contributed by atoms with E-state index in [1.54, 1.807) is 46.7 Å². The third-order valence-corrected chi connectivity index (χ3v) is 12.6. The summed E-state index contributed by atoms with van der Waals surface area (Å²) in [6.45, 7) is 16.8. The number of amides is 2. The molecule has 2 aliphatic rings. The SMILES string of the molecule is C#Cc1cnc(N)c(OC(C)c2c(Cl)ccc(F)c2Cl)c1.CC(C)(C)OC(=O)N1CCC(N=[N+]=[N-])CC1.CC(Oc1cc(-c2cn(C3CCN(C(=O)OC(C)(C)C)CC3)nn2)cnc1N)c1c(Cl)ccc(F)c1Cl. The van der Waals surface area contributed by atoms with Crippen molar-refractivity contribution in [3.63, 3.8) is 0 Å². The second-order valence-corrected chi connectivity index (χ2v) is 20.6. The molecule has 18 nitrogen and oxygen atoms in total. The van der Waals surface area contributed by atoms with E-state index in [9.17, 15) is 18.4 Å². The number of benzene rings is 2. The van der Waals surface area contributed by atoms with Gasteiger partial charge in [0.2, 0.25) is 0 Å². The Hall–Kier alpha value is -6.49. The van der Waals surface area contributed by atoms with Crippen LogP contribution < -0.4 is 20.9 Å². The Bertz CT molecular complexity index is 2870. The standard InChI is InChI=1S/C25H29Cl2FN6O3.C15H11Cl2FN2O.C10H18N4O2/c1-14(21-17(26)5-6-18(28)22(21)27)36-20-11-15(12-30-23(20)29)19-13-34(32-31-19)16-7-9-33(10-8-16)24(35)37-25(2,3)4;1-3-9-6-12(15(19)20-7-9)21-8(2)13-10(16)4-5-11(18)14(13)17;1-10(2,3)16-9(15)14-6-4-8(5-7-14)12-13-11/h5-6,11-14,16H,7-10H2,1-4H3,(H2,29,30);1,4-8H,2H3,(H2,19,20);8H,4-7H2,1-3H3. The van der Waals surface area contributed by atoms with Gasteiger partial charge in [0.05, 0.1) is 22.3 Å². The Morgan fingerprint density at radius 1 is 0.784 bits per heavy atom. The summed E-state index contributed by atoms with van der Waals surface area (Å²) in [5.74, 6) is 2.15. The summed E-state index contributed by atoms with van der Waals surface area (Å²) in [5.41, 5.74) is 21.5. The van der Waals surface area contributed by atoms with Crippen molar-refractivity contribution in [1.82, 2.24) is 34.8 Å². The van der Waals surface area contributed by atoms with E-state index in [1.807, 2.05) is 47.7 Å². The lowest BCUT2D eigenvalue weighted by Gasteiger charge is -2.33. The Morgan fingerprint density at radius 2 is 1.24 bits per heavy atom. The lowest BCUT2D eigenvalue weighted by atomic mass is 10.1. The second kappa shape index (κ2) is 25.6. The van der Waals surface area contributed by atoms with E-state index < -0.39 is 35.0 Å². The fourth-order valence-corrected chi connectivity index (χ4v) is 8.79. The molecule has 74 heavy (non-hydrogen) atoms. The first-order valence-electron chi connectivity index (χ1n) is 23.3. The molecule has 5 aromatic rings. The van der Waals surface area contributed by atoms with Crippen LogP contribution in [-0.4, -0.2) is 90.4 Å². The Morgan fingerprint density at radius 3 is 1.70 bits per heavy atom. The summed E-state index contributed by atoms with van der Waals surface area (Å²) in [6, 6.07) is 8.60. The number of likely N-dealkylation sites (tertiary alicyclic amines) is 2. The van der Waals surface area contributed by atoms with Crippen LogP contribution in [0.25, 0.3) is 21.7 Å². The minimum atomic E-state index is -0.694. The number of nitrogens with two attached hydrogens (primary N) is 2. The molecule has 2 atom stereocenters. The number of piperidine rings is 2. The van der Waals surface area contributed by atoms with Gasteiger partial charge in [-0.25, -0.2) is 33.0 Å². The summed E-state index contributed by atoms with van der Waals surface area (Å²) in [7, 11) is 0. The van der Waals surface area contributed by atoms with E-state index in [4.69, 9.17) is 88.8 Å². The highest BCUT2D eigenvalue weighted by Gasteiger charge is 2.30. The smallest absolute Gasteiger partial charge is 0.410 e. The molecule has 2 aromatic carbocycles. The van der Waals surface area contributed by atoms with E-state index in [2.05, 4.69) is 36.2 Å². The van der Waals surface area contributed by atoms with Crippen LogP contribution in [0.3, 0.4) is 0 Å². The number of nitrogens with zero attached hydrogens (tertiary/aromatic N) is 10. The zero-order chi connectivity index (χ0) is 54.7. The molecule has 0 spiro atoms. The molecule has 0 aliphatic carbocycles. The van der Waals surface area contributed by atoms with E-state index in [1.165, 1.54) is 30.5 Å². The molecular weight excluding hydrogens is 1040 g/mol. The maximum absolute atomic E-state index is 14.0. The number of carbonyl (C=O) groups excluding carboxylic acids is 2. The van der Waals surface area contributed by atoms with Crippen molar-refractivity contribution in [2.45, 2.75) is 117 Å².